The van der Waals surface area contributed by atoms with Crippen LogP contribution in [0.1, 0.15) is 6.92 Å². The lowest BCUT2D eigenvalue weighted by Crippen LogP contribution is -2.46. The largest absolute Gasteiger partial charge is 0.327 e. The first kappa shape index (κ1) is 8.37. The number of thioether (sulfide) groups is 1. The van der Waals surface area contributed by atoms with Crippen molar-refractivity contribution in [2.24, 2.45) is 5.73 Å². The summed E-state index contributed by atoms with van der Waals surface area (Å²) in [5.74, 6) is 2.59. The van der Waals surface area contributed by atoms with E-state index in [0.717, 1.165) is 12.6 Å². The highest BCUT2D eigenvalue weighted by molar-refractivity contribution is 8.00. The van der Waals surface area contributed by atoms with Crippen LogP contribution < -0.4 is 5.73 Å². The van der Waals surface area contributed by atoms with Gasteiger partial charge in [0.05, 0.1) is 0 Å². The van der Waals surface area contributed by atoms with Gasteiger partial charge in [-0.15, -0.1) is 0 Å². The van der Waals surface area contributed by atoms with E-state index in [1.807, 2.05) is 11.8 Å². The van der Waals surface area contributed by atoms with E-state index in [1.54, 1.807) is 0 Å². The third-order valence-corrected chi connectivity index (χ3v) is 3.06. The molecule has 0 aliphatic carbocycles. The number of rotatable bonds is 3. The van der Waals surface area contributed by atoms with Crippen molar-refractivity contribution in [1.29, 1.82) is 0 Å². The summed E-state index contributed by atoms with van der Waals surface area (Å²) in [6.07, 6.45) is 0. The molecular formula is C7H16N2S. The van der Waals surface area contributed by atoms with Gasteiger partial charge in [0.1, 0.15) is 0 Å². The third-order valence-electron chi connectivity index (χ3n) is 1.82. The maximum Gasteiger partial charge on any atom is 0.0274 e. The molecule has 0 aromatic carbocycles. The van der Waals surface area contributed by atoms with Crippen molar-refractivity contribution in [3.05, 3.63) is 0 Å². The van der Waals surface area contributed by atoms with Crippen LogP contribution in [0.25, 0.3) is 0 Å². The first-order chi connectivity index (χ1) is 4.70. The number of nitrogens with two attached hydrogens (primary N) is 1. The Kier molecular flexibility index (Phi) is 3.01. The molecular weight excluding hydrogens is 144 g/mol. The minimum Gasteiger partial charge on any atom is -0.327 e. The van der Waals surface area contributed by atoms with Crippen LogP contribution >= 0.6 is 11.8 Å². The molecule has 0 bridgehead atoms. The second-order valence-corrected chi connectivity index (χ2v) is 4.18. The zero-order valence-electron chi connectivity index (χ0n) is 6.71. The average molecular weight is 160 g/mol. The molecule has 1 unspecified atom stereocenters. The van der Waals surface area contributed by atoms with Gasteiger partial charge >= 0.3 is 0 Å². The topological polar surface area (TPSA) is 29.3 Å². The fourth-order valence-electron chi connectivity index (χ4n) is 1.08. The van der Waals surface area contributed by atoms with Gasteiger partial charge in [-0.25, -0.2) is 0 Å². The lowest BCUT2D eigenvalue weighted by Gasteiger charge is -2.34. The molecule has 0 aromatic heterocycles. The van der Waals surface area contributed by atoms with E-state index in [4.69, 9.17) is 5.73 Å². The van der Waals surface area contributed by atoms with Crippen molar-refractivity contribution < 1.29 is 0 Å². The Labute approximate surface area is 67.1 Å². The second-order valence-electron chi connectivity index (χ2n) is 3.11. The molecule has 0 spiro atoms. The standard InChI is InChI=1S/C7H16N2S/c1-6(8)3-9(2)7-4-10-5-7/h6-7H,3-5,8H2,1-2H3. The minimum atomic E-state index is 0.315. The Bertz CT molecular complexity index is 102. The number of hydrogen-bond acceptors (Lipinski definition) is 3. The summed E-state index contributed by atoms with van der Waals surface area (Å²) in [5, 5.41) is 0. The van der Waals surface area contributed by atoms with E-state index < -0.39 is 0 Å². The Morgan fingerprint density at radius 1 is 1.70 bits per heavy atom. The minimum absolute atomic E-state index is 0.315. The molecule has 3 heteroatoms. The summed E-state index contributed by atoms with van der Waals surface area (Å²) in [4.78, 5) is 2.36. The van der Waals surface area contributed by atoms with E-state index in [-0.39, 0.29) is 0 Å². The molecule has 60 valence electrons. The Balaban J connectivity index is 2.13. The van der Waals surface area contributed by atoms with E-state index >= 15 is 0 Å². The van der Waals surface area contributed by atoms with Crippen molar-refractivity contribution in [2.45, 2.75) is 19.0 Å². The van der Waals surface area contributed by atoms with Crippen LogP contribution in [0.3, 0.4) is 0 Å². The molecule has 0 saturated carbocycles. The zero-order valence-corrected chi connectivity index (χ0v) is 7.53. The predicted molar refractivity (Wildman–Crippen MR) is 47.4 cm³/mol. The maximum atomic E-state index is 5.66. The monoisotopic (exact) mass is 160 g/mol. The predicted octanol–water partition coefficient (Wildman–Crippen LogP) is 0.381. The first-order valence-corrected chi connectivity index (χ1v) is 4.89. The molecule has 2 N–H and O–H groups in total. The highest BCUT2D eigenvalue weighted by Crippen LogP contribution is 2.21. The second kappa shape index (κ2) is 3.60. The summed E-state index contributed by atoms with van der Waals surface area (Å²) in [6, 6.07) is 1.12. The summed E-state index contributed by atoms with van der Waals surface area (Å²) >= 11 is 2.02. The third kappa shape index (κ3) is 2.15. The Morgan fingerprint density at radius 2 is 2.30 bits per heavy atom. The van der Waals surface area contributed by atoms with Gasteiger partial charge in [0.2, 0.25) is 0 Å². The molecule has 2 nitrogen and oxygen atoms in total. The van der Waals surface area contributed by atoms with Crippen LogP contribution in [0.4, 0.5) is 0 Å². The van der Waals surface area contributed by atoms with Crippen LogP contribution in [0.5, 0.6) is 0 Å². The van der Waals surface area contributed by atoms with E-state index in [9.17, 15) is 0 Å². The van der Waals surface area contributed by atoms with Crippen LogP contribution in [-0.4, -0.2) is 42.1 Å². The highest BCUT2D eigenvalue weighted by Gasteiger charge is 2.22. The summed E-state index contributed by atoms with van der Waals surface area (Å²) in [6.45, 7) is 3.09. The smallest absolute Gasteiger partial charge is 0.0274 e. The fraction of sp³-hybridized carbons (Fsp3) is 1.00. The molecule has 1 aliphatic heterocycles. The molecule has 0 aromatic rings. The number of hydrogen-bond donors (Lipinski definition) is 1. The van der Waals surface area contributed by atoms with Gasteiger partial charge in [-0.05, 0) is 14.0 Å². The molecule has 1 fully saturated rings. The number of likely N-dealkylation sites (N-methyl/N-ethyl adjacent to an activating group) is 1. The normalized spacial score (nSPS) is 22.8. The van der Waals surface area contributed by atoms with Gasteiger partial charge in [-0.2, -0.15) is 11.8 Å². The van der Waals surface area contributed by atoms with Gasteiger partial charge in [0, 0.05) is 30.1 Å². The SMILES string of the molecule is CC(N)CN(C)C1CSC1. The molecule has 1 aliphatic rings. The van der Waals surface area contributed by atoms with E-state index in [0.29, 0.717) is 6.04 Å². The molecule has 0 radical (unpaired) electrons. The van der Waals surface area contributed by atoms with Crippen molar-refractivity contribution in [2.75, 3.05) is 25.1 Å². The molecule has 10 heavy (non-hydrogen) atoms. The van der Waals surface area contributed by atoms with E-state index in [2.05, 4.69) is 18.9 Å². The summed E-state index contributed by atoms with van der Waals surface area (Å²) < 4.78 is 0. The van der Waals surface area contributed by atoms with Crippen LogP contribution in [0.2, 0.25) is 0 Å². The van der Waals surface area contributed by atoms with Crippen LogP contribution in [-0.2, 0) is 0 Å². The Morgan fingerprint density at radius 3 is 2.60 bits per heavy atom. The Hall–Kier alpha value is 0.270. The van der Waals surface area contributed by atoms with Crippen molar-refractivity contribution in [3.63, 3.8) is 0 Å². The van der Waals surface area contributed by atoms with Gasteiger partial charge < -0.3 is 10.6 Å². The van der Waals surface area contributed by atoms with Gasteiger partial charge in [-0.1, -0.05) is 0 Å². The van der Waals surface area contributed by atoms with E-state index in [1.165, 1.54) is 11.5 Å². The first-order valence-electron chi connectivity index (χ1n) is 3.73. The molecule has 1 rings (SSSR count). The van der Waals surface area contributed by atoms with Gasteiger partial charge in [-0.3, -0.25) is 0 Å². The molecule has 1 saturated heterocycles. The van der Waals surface area contributed by atoms with Crippen molar-refractivity contribution in [3.8, 4) is 0 Å². The fourth-order valence-corrected chi connectivity index (χ4v) is 2.04. The summed E-state index contributed by atoms with van der Waals surface area (Å²) in [5.41, 5.74) is 5.66. The lowest BCUT2D eigenvalue weighted by molar-refractivity contribution is 0.260. The van der Waals surface area contributed by atoms with Gasteiger partial charge in [0.25, 0.3) is 0 Å². The summed E-state index contributed by atoms with van der Waals surface area (Å²) in [7, 11) is 2.16. The maximum absolute atomic E-state index is 5.66. The lowest BCUT2D eigenvalue weighted by atomic mass is 10.2. The number of nitrogens with zero attached hydrogens (tertiary/aromatic N) is 1. The quantitative estimate of drug-likeness (QED) is 0.647. The van der Waals surface area contributed by atoms with Gasteiger partial charge in [0.15, 0.2) is 0 Å². The average Bonchev–Trinajstić information content (AvgIpc) is 1.55. The molecule has 1 atom stereocenters. The highest BCUT2D eigenvalue weighted by atomic mass is 32.2. The molecule has 1 heterocycles. The van der Waals surface area contributed by atoms with Crippen molar-refractivity contribution in [1.82, 2.24) is 4.90 Å². The molecule has 0 amide bonds. The van der Waals surface area contributed by atoms with Crippen LogP contribution in [0.15, 0.2) is 0 Å². The van der Waals surface area contributed by atoms with Crippen molar-refractivity contribution >= 4 is 11.8 Å². The van der Waals surface area contributed by atoms with Crippen LogP contribution in [0, 0.1) is 0 Å². The zero-order chi connectivity index (χ0) is 7.56.